The van der Waals surface area contributed by atoms with Crippen molar-refractivity contribution in [3.05, 3.63) is 64.1 Å². The van der Waals surface area contributed by atoms with Crippen LogP contribution in [0.4, 0.5) is 14.5 Å². The van der Waals surface area contributed by atoms with Gasteiger partial charge in [-0.1, -0.05) is 22.0 Å². The Hall–Kier alpha value is -2.28. The van der Waals surface area contributed by atoms with E-state index in [1.54, 1.807) is 24.3 Å². The van der Waals surface area contributed by atoms with E-state index >= 15 is 0 Å². The molecule has 0 aliphatic rings. The molecule has 0 bridgehead atoms. The van der Waals surface area contributed by atoms with Gasteiger partial charge in [0.2, 0.25) is 0 Å². The molecule has 1 amide bonds. The fourth-order valence-corrected chi connectivity index (χ4v) is 1.89. The summed E-state index contributed by atoms with van der Waals surface area (Å²) in [6.07, 6.45) is 0. The van der Waals surface area contributed by atoms with Crippen molar-refractivity contribution < 1.29 is 23.1 Å². The van der Waals surface area contributed by atoms with Gasteiger partial charge in [0.25, 0.3) is 5.91 Å². The maximum atomic E-state index is 13.4. The van der Waals surface area contributed by atoms with Gasteiger partial charge >= 0.3 is 5.97 Å². The van der Waals surface area contributed by atoms with Crippen molar-refractivity contribution in [2.75, 3.05) is 11.9 Å². The average molecular weight is 370 g/mol. The van der Waals surface area contributed by atoms with E-state index in [0.717, 1.165) is 22.7 Å². The predicted molar refractivity (Wildman–Crippen MR) is 79.4 cm³/mol. The van der Waals surface area contributed by atoms with Gasteiger partial charge in [-0.15, -0.1) is 0 Å². The minimum atomic E-state index is -1.23. The Balaban J connectivity index is 1.93. The average Bonchev–Trinajstić information content (AvgIpc) is 2.47. The summed E-state index contributed by atoms with van der Waals surface area (Å²) in [6, 6.07) is 9.71. The highest BCUT2D eigenvalue weighted by Gasteiger charge is 2.19. The number of hydrogen-bond acceptors (Lipinski definition) is 3. The first-order valence-corrected chi connectivity index (χ1v) is 6.93. The second-order valence-electron chi connectivity index (χ2n) is 4.23. The van der Waals surface area contributed by atoms with Crippen molar-refractivity contribution in [3.63, 3.8) is 0 Å². The summed E-state index contributed by atoms with van der Waals surface area (Å²) >= 11 is 3.25. The molecule has 1 N–H and O–H groups in total. The van der Waals surface area contributed by atoms with Crippen molar-refractivity contribution >= 4 is 33.5 Å². The number of amides is 1. The first-order valence-electron chi connectivity index (χ1n) is 6.14. The molecular formula is C15H10BrF2NO3. The number of esters is 1. The Kier molecular flexibility index (Phi) is 5.21. The highest BCUT2D eigenvalue weighted by Crippen LogP contribution is 2.15. The molecule has 7 heteroatoms. The third-order valence-corrected chi connectivity index (χ3v) is 3.16. The van der Waals surface area contributed by atoms with Crippen molar-refractivity contribution in [3.8, 4) is 0 Å². The van der Waals surface area contributed by atoms with Crippen molar-refractivity contribution in [1.82, 2.24) is 0 Å². The molecule has 114 valence electrons. The van der Waals surface area contributed by atoms with Crippen LogP contribution in [0.1, 0.15) is 10.4 Å². The van der Waals surface area contributed by atoms with Crippen LogP contribution in [-0.4, -0.2) is 18.5 Å². The topological polar surface area (TPSA) is 55.4 Å². The van der Waals surface area contributed by atoms with Crippen LogP contribution in [0.3, 0.4) is 0 Å². The van der Waals surface area contributed by atoms with Gasteiger partial charge < -0.3 is 10.1 Å². The molecule has 2 aromatic carbocycles. The molecule has 0 aliphatic heterocycles. The summed E-state index contributed by atoms with van der Waals surface area (Å²) in [5, 5.41) is 2.48. The fourth-order valence-electron chi connectivity index (χ4n) is 1.63. The predicted octanol–water partition coefficient (Wildman–Crippen LogP) is 3.52. The number of nitrogens with one attached hydrogen (secondary N) is 1. The summed E-state index contributed by atoms with van der Waals surface area (Å²) in [5.41, 5.74) is -0.319. The number of carbonyl (C=O) groups is 2. The first kappa shape index (κ1) is 16.1. The Labute approximate surface area is 133 Å². The van der Waals surface area contributed by atoms with E-state index in [9.17, 15) is 18.4 Å². The number of anilines is 1. The SMILES string of the molecule is O=C(COC(=O)c1c(F)cccc1F)Nc1ccc(Br)cc1. The molecule has 0 unspecified atom stereocenters. The molecule has 2 rings (SSSR count). The normalized spacial score (nSPS) is 10.1. The van der Waals surface area contributed by atoms with E-state index in [0.29, 0.717) is 5.69 Å². The third-order valence-electron chi connectivity index (χ3n) is 2.63. The zero-order chi connectivity index (χ0) is 16.1. The lowest BCUT2D eigenvalue weighted by Gasteiger charge is -2.07. The van der Waals surface area contributed by atoms with E-state index in [-0.39, 0.29) is 0 Å². The number of rotatable bonds is 4. The lowest BCUT2D eigenvalue weighted by Crippen LogP contribution is -2.21. The van der Waals surface area contributed by atoms with E-state index in [1.165, 1.54) is 0 Å². The molecule has 0 aliphatic carbocycles. The van der Waals surface area contributed by atoms with Gasteiger partial charge in [0.15, 0.2) is 6.61 Å². The van der Waals surface area contributed by atoms with E-state index in [2.05, 4.69) is 26.0 Å². The van der Waals surface area contributed by atoms with Crippen LogP contribution < -0.4 is 5.32 Å². The van der Waals surface area contributed by atoms with Gasteiger partial charge in [-0.25, -0.2) is 13.6 Å². The maximum Gasteiger partial charge on any atom is 0.344 e. The minimum Gasteiger partial charge on any atom is -0.452 e. The lowest BCUT2D eigenvalue weighted by molar-refractivity contribution is -0.119. The number of ether oxygens (including phenoxy) is 1. The molecular weight excluding hydrogens is 360 g/mol. The molecule has 0 fully saturated rings. The zero-order valence-corrected chi connectivity index (χ0v) is 12.7. The number of hydrogen-bond donors (Lipinski definition) is 1. The Bertz CT molecular complexity index is 684. The largest absolute Gasteiger partial charge is 0.452 e. The van der Waals surface area contributed by atoms with Gasteiger partial charge in [-0.05, 0) is 36.4 Å². The molecule has 0 saturated heterocycles. The summed E-state index contributed by atoms with van der Waals surface area (Å²) in [6.45, 7) is -0.650. The Morgan fingerprint density at radius 1 is 1.05 bits per heavy atom. The number of benzene rings is 2. The van der Waals surface area contributed by atoms with E-state index in [1.807, 2.05) is 0 Å². The van der Waals surface area contributed by atoms with Crippen LogP contribution in [-0.2, 0) is 9.53 Å². The van der Waals surface area contributed by atoms with Crippen LogP contribution >= 0.6 is 15.9 Å². The van der Waals surface area contributed by atoms with Gasteiger partial charge in [-0.2, -0.15) is 0 Å². The van der Waals surface area contributed by atoms with Crippen LogP contribution in [0.2, 0.25) is 0 Å². The molecule has 0 spiro atoms. The van der Waals surface area contributed by atoms with Gasteiger partial charge in [0.05, 0.1) is 0 Å². The molecule has 2 aromatic rings. The summed E-state index contributed by atoms with van der Waals surface area (Å²) in [5.74, 6) is -3.94. The maximum absolute atomic E-state index is 13.4. The quantitative estimate of drug-likeness (QED) is 0.838. The second-order valence-corrected chi connectivity index (χ2v) is 5.14. The van der Waals surface area contributed by atoms with Crippen LogP contribution in [0, 0.1) is 11.6 Å². The Morgan fingerprint density at radius 3 is 2.23 bits per heavy atom. The lowest BCUT2D eigenvalue weighted by atomic mass is 10.2. The smallest absolute Gasteiger partial charge is 0.344 e. The molecule has 0 heterocycles. The summed E-state index contributed by atoms with van der Waals surface area (Å²) in [4.78, 5) is 23.2. The fraction of sp³-hybridized carbons (Fsp3) is 0.0667. The monoisotopic (exact) mass is 369 g/mol. The number of halogens is 3. The van der Waals surface area contributed by atoms with Gasteiger partial charge in [-0.3, -0.25) is 4.79 Å². The molecule has 0 saturated carbocycles. The molecule has 0 atom stereocenters. The summed E-state index contributed by atoms with van der Waals surface area (Å²) in [7, 11) is 0. The van der Waals surface area contributed by atoms with Crippen molar-refractivity contribution in [1.29, 1.82) is 0 Å². The van der Waals surface area contributed by atoms with E-state index < -0.39 is 35.7 Å². The van der Waals surface area contributed by atoms with Gasteiger partial charge in [0.1, 0.15) is 17.2 Å². The van der Waals surface area contributed by atoms with Gasteiger partial charge in [0, 0.05) is 10.2 Å². The molecule has 0 aromatic heterocycles. The Morgan fingerprint density at radius 2 is 1.64 bits per heavy atom. The highest BCUT2D eigenvalue weighted by atomic mass is 79.9. The third kappa shape index (κ3) is 4.11. The minimum absolute atomic E-state index is 0.501. The summed E-state index contributed by atoms with van der Waals surface area (Å²) < 4.78 is 32.2. The highest BCUT2D eigenvalue weighted by molar-refractivity contribution is 9.10. The first-order chi connectivity index (χ1) is 10.5. The molecule has 22 heavy (non-hydrogen) atoms. The standard InChI is InChI=1S/C15H10BrF2NO3/c16-9-4-6-10(7-5-9)19-13(20)8-22-15(21)14-11(17)2-1-3-12(14)18/h1-7H,8H2,(H,19,20). The van der Waals surface area contributed by atoms with Crippen molar-refractivity contribution in [2.45, 2.75) is 0 Å². The zero-order valence-electron chi connectivity index (χ0n) is 11.1. The van der Waals surface area contributed by atoms with Crippen LogP contribution in [0.25, 0.3) is 0 Å². The number of carbonyl (C=O) groups excluding carboxylic acids is 2. The van der Waals surface area contributed by atoms with E-state index in [4.69, 9.17) is 0 Å². The van der Waals surface area contributed by atoms with Crippen LogP contribution in [0.15, 0.2) is 46.9 Å². The van der Waals surface area contributed by atoms with Crippen LogP contribution in [0.5, 0.6) is 0 Å². The molecule has 4 nitrogen and oxygen atoms in total. The van der Waals surface area contributed by atoms with Crippen molar-refractivity contribution in [2.24, 2.45) is 0 Å². The second kappa shape index (κ2) is 7.13. The molecule has 0 radical (unpaired) electrons.